The molecule has 7 nitrogen and oxygen atoms in total. The molecule has 2 aromatic carbocycles. The number of fused-ring (bicyclic) bond motifs is 1. The number of hydrogen-bond donors (Lipinski definition) is 0. The number of carbonyl (C=O) groups excluding carboxylic acids is 2. The SMILES string of the molecule is Cc1noc(C)c1COc1cc2ccccc2cc1C(=O)O[C@@H](C)C(=O)N(C)C. The van der Waals surface area contributed by atoms with E-state index in [-0.39, 0.29) is 18.1 Å². The van der Waals surface area contributed by atoms with E-state index < -0.39 is 12.1 Å². The Morgan fingerprint density at radius 1 is 1.14 bits per heavy atom. The van der Waals surface area contributed by atoms with Gasteiger partial charge in [-0.05, 0) is 43.7 Å². The summed E-state index contributed by atoms with van der Waals surface area (Å²) < 4.78 is 16.5. The molecule has 152 valence electrons. The van der Waals surface area contributed by atoms with Crippen LogP contribution in [0.3, 0.4) is 0 Å². The van der Waals surface area contributed by atoms with Gasteiger partial charge in [0.15, 0.2) is 6.10 Å². The fraction of sp³-hybridized carbons (Fsp3) is 0.318. The summed E-state index contributed by atoms with van der Waals surface area (Å²) in [7, 11) is 3.22. The van der Waals surface area contributed by atoms with Crippen LogP contribution in [-0.2, 0) is 16.1 Å². The van der Waals surface area contributed by atoms with Crippen LogP contribution in [0, 0.1) is 13.8 Å². The molecule has 0 bridgehead atoms. The molecule has 1 heterocycles. The summed E-state index contributed by atoms with van der Waals surface area (Å²) in [6.45, 7) is 5.39. The number of carbonyl (C=O) groups is 2. The van der Waals surface area contributed by atoms with Gasteiger partial charge < -0.3 is 18.9 Å². The van der Waals surface area contributed by atoms with Gasteiger partial charge in [0.25, 0.3) is 5.91 Å². The van der Waals surface area contributed by atoms with Crippen molar-refractivity contribution in [3.8, 4) is 5.75 Å². The number of rotatable bonds is 6. The second-order valence-corrected chi connectivity index (χ2v) is 7.07. The van der Waals surface area contributed by atoms with Gasteiger partial charge in [-0.3, -0.25) is 4.79 Å². The normalized spacial score (nSPS) is 11.9. The third-order valence-electron chi connectivity index (χ3n) is 4.69. The number of amides is 1. The van der Waals surface area contributed by atoms with E-state index in [1.165, 1.54) is 4.90 Å². The molecule has 0 aliphatic carbocycles. The molecule has 1 aromatic heterocycles. The number of ether oxygens (including phenoxy) is 2. The zero-order valence-electron chi connectivity index (χ0n) is 17.2. The lowest BCUT2D eigenvalue weighted by Gasteiger charge is -2.18. The molecule has 0 fully saturated rings. The van der Waals surface area contributed by atoms with E-state index in [0.29, 0.717) is 11.5 Å². The Morgan fingerprint density at radius 2 is 1.79 bits per heavy atom. The van der Waals surface area contributed by atoms with Crippen molar-refractivity contribution in [2.45, 2.75) is 33.5 Å². The smallest absolute Gasteiger partial charge is 0.342 e. The molecular weight excluding hydrogens is 372 g/mol. The topological polar surface area (TPSA) is 81.9 Å². The molecule has 1 amide bonds. The predicted octanol–water partition coefficient (Wildman–Crippen LogP) is 3.66. The summed E-state index contributed by atoms with van der Waals surface area (Å²) >= 11 is 0. The Bertz CT molecular complexity index is 1040. The van der Waals surface area contributed by atoms with Crippen molar-refractivity contribution >= 4 is 22.6 Å². The molecule has 0 saturated carbocycles. The summed E-state index contributed by atoms with van der Waals surface area (Å²) in [5.41, 5.74) is 1.82. The van der Waals surface area contributed by atoms with Crippen LogP contribution in [0.5, 0.6) is 5.75 Å². The van der Waals surface area contributed by atoms with Crippen molar-refractivity contribution in [1.82, 2.24) is 10.1 Å². The first-order chi connectivity index (χ1) is 13.8. The lowest BCUT2D eigenvalue weighted by atomic mass is 10.1. The van der Waals surface area contributed by atoms with Gasteiger partial charge in [0.1, 0.15) is 23.7 Å². The molecule has 1 atom stereocenters. The Hall–Kier alpha value is -3.35. The molecule has 3 aromatic rings. The second-order valence-electron chi connectivity index (χ2n) is 7.07. The highest BCUT2D eigenvalue weighted by Crippen LogP contribution is 2.28. The van der Waals surface area contributed by atoms with Gasteiger partial charge in [-0.25, -0.2) is 4.79 Å². The largest absolute Gasteiger partial charge is 0.488 e. The number of benzene rings is 2. The first-order valence-electron chi connectivity index (χ1n) is 9.27. The minimum absolute atomic E-state index is 0.200. The van der Waals surface area contributed by atoms with E-state index in [9.17, 15) is 9.59 Å². The average molecular weight is 396 g/mol. The van der Waals surface area contributed by atoms with E-state index >= 15 is 0 Å². The van der Waals surface area contributed by atoms with E-state index in [0.717, 1.165) is 22.0 Å². The highest BCUT2D eigenvalue weighted by atomic mass is 16.6. The molecule has 0 N–H and O–H groups in total. The lowest BCUT2D eigenvalue weighted by Crippen LogP contribution is -2.35. The maximum Gasteiger partial charge on any atom is 0.342 e. The highest BCUT2D eigenvalue weighted by molar-refractivity contribution is 5.99. The number of nitrogens with zero attached hydrogens (tertiary/aromatic N) is 2. The van der Waals surface area contributed by atoms with Crippen molar-refractivity contribution in [1.29, 1.82) is 0 Å². The van der Waals surface area contributed by atoms with E-state index in [1.807, 2.05) is 38.1 Å². The standard InChI is InChI=1S/C22H24N2O5/c1-13-19(14(2)29-23-13)12-27-20-11-17-9-7-6-8-16(17)10-18(20)22(26)28-15(3)21(25)24(4)5/h6-11,15H,12H2,1-5H3/t15-/m0/s1. The third kappa shape index (κ3) is 4.39. The maximum absolute atomic E-state index is 12.8. The van der Waals surface area contributed by atoms with Gasteiger partial charge in [0.05, 0.1) is 11.3 Å². The first kappa shape index (κ1) is 20.4. The van der Waals surface area contributed by atoms with Crippen LogP contribution < -0.4 is 4.74 Å². The number of esters is 1. The molecule has 7 heteroatoms. The van der Waals surface area contributed by atoms with E-state index in [4.69, 9.17) is 14.0 Å². The van der Waals surface area contributed by atoms with Crippen LogP contribution in [0.1, 0.15) is 34.3 Å². The monoisotopic (exact) mass is 396 g/mol. The summed E-state index contributed by atoms with van der Waals surface area (Å²) in [5, 5.41) is 5.72. The van der Waals surface area contributed by atoms with Crippen LogP contribution in [-0.4, -0.2) is 42.1 Å². The maximum atomic E-state index is 12.8. The summed E-state index contributed by atoms with van der Waals surface area (Å²) in [5.74, 6) is 0.125. The van der Waals surface area contributed by atoms with Gasteiger partial charge in [-0.1, -0.05) is 29.4 Å². The summed E-state index contributed by atoms with van der Waals surface area (Å²) in [6, 6.07) is 11.1. The van der Waals surface area contributed by atoms with Crippen molar-refractivity contribution in [3.63, 3.8) is 0 Å². The van der Waals surface area contributed by atoms with Crippen LogP contribution >= 0.6 is 0 Å². The fourth-order valence-corrected chi connectivity index (χ4v) is 2.99. The third-order valence-corrected chi connectivity index (χ3v) is 4.69. The lowest BCUT2D eigenvalue weighted by molar-refractivity contribution is -0.137. The second kappa shape index (κ2) is 8.34. The minimum atomic E-state index is -0.903. The zero-order valence-corrected chi connectivity index (χ0v) is 17.2. The van der Waals surface area contributed by atoms with Gasteiger partial charge in [-0.2, -0.15) is 0 Å². The molecular formula is C22H24N2O5. The summed E-state index contributed by atoms with van der Waals surface area (Å²) in [6.07, 6.45) is -0.903. The van der Waals surface area contributed by atoms with Crippen LogP contribution in [0.2, 0.25) is 0 Å². The van der Waals surface area contributed by atoms with Crippen molar-refractivity contribution in [2.75, 3.05) is 14.1 Å². The molecule has 0 aliphatic rings. The molecule has 29 heavy (non-hydrogen) atoms. The number of likely N-dealkylation sites (N-methyl/N-ethyl adjacent to an activating group) is 1. The van der Waals surface area contributed by atoms with Crippen molar-refractivity contribution < 1.29 is 23.6 Å². The van der Waals surface area contributed by atoms with E-state index in [1.54, 1.807) is 33.2 Å². The predicted molar refractivity (Wildman–Crippen MR) is 108 cm³/mol. The molecule has 0 radical (unpaired) electrons. The van der Waals surface area contributed by atoms with Gasteiger partial charge >= 0.3 is 5.97 Å². The van der Waals surface area contributed by atoms with Crippen LogP contribution in [0.15, 0.2) is 40.9 Å². The number of aromatic nitrogens is 1. The zero-order chi connectivity index (χ0) is 21.1. The van der Waals surface area contributed by atoms with E-state index in [2.05, 4.69) is 5.16 Å². The number of aryl methyl sites for hydroxylation is 2. The van der Waals surface area contributed by atoms with Crippen LogP contribution in [0.4, 0.5) is 0 Å². The molecule has 0 unspecified atom stereocenters. The van der Waals surface area contributed by atoms with Crippen molar-refractivity contribution in [3.05, 3.63) is 59.0 Å². The van der Waals surface area contributed by atoms with Gasteiger partial charge in [0.2, 0.25) is 0 Å². The highest BCUT2D eigenvalue weighted by Gasteiger charge is 2.23. The number of hydrogen-bond acceptors (Lipinski definition) is 6. The van der Waals surface area contributed by atoms with Gasteiger partial charge in [-0.15, -0.1) is 0 Å². The minimum Gasteiger partial charge on any atom is -0.488 e. The molecule has 0 spiro atoms. The Labute approximate surface area is 169 Å². The molecule has 3 rings (SSSR count). The molecule has 0 saturated heterocycles. The Morgan fingerprint density at radius 3 is 2.38 bits per heavy atom. The summed E-state index contributed by atoms with van der Waals surface area (Å²) in [4.78, 5) is 26.3. The Kier molecular flexibility index (Phi) is 5.87. The fourth-order valence-electron chi connectivity index (χ4n) is 2.99. The van der Waals surface area contributed by atoms with Gasteiger partial charge in [0, 0.05) is 14.1 Å². The van der Waals surface area contributed by atoms with Crippen LogP contribution in [0.25, 0.3) is 10.8 Å². The first-order valence-corrected chi connectivity index (χ1v) is 9.27. The Balaban J connectivity index is 1.92. The quantitative estimate of drug-likeness (QED) is 0.592. The average Bonchev–Trinajstić information content (AvgIpc) is 3.02. The molecule has 0 aliphatic heterocycles. The van der Waals surface area contributed by atoms with Crippen molar-refractivity contribution in [2.24, 2.45) is 0 Å².